The number of nitrogens with zero attached hydrogens (tertiary/aromatic N) is 5. The minimum absolute atomic E-state index is 0.0942. The molecule has 0 saturated carbocycles. The number of likely N-dealkylation sites (N-methyl/N-ethyl adjacent to an activating group) is 1. The van der Waals surface area contributed by atoms with Crippen molar-refractivity contribution < 1.29 is 14.2 Å². The average Bonchev–Trinajstić information content (AvgIpc) is 3.40. The zero-order valence-electron chi connectivity index (χ0n) is 21.8. The monoisotopic (exact) mass is 542 g/mol. The Morgan fingerprint density at radius 1 is 1.13 bits per heavy atom. The van der Waals surface area contributed by atoms with Crippen LogP contribution in [0.4, 0.5) is 39.0 Å². The van der Waals surface area contributed by atoms with E-state index in [1.54, 1.807) is 21.0 Å². The summed E-state index contributed by atoms with van der Waals surface area (Å²) >= 11 is 5.94. The molecule has 0 radical (unpaired) electrons. The van der Waals surface area contributed by atoms with E-state index < -0.39 is 11.4 Å². The van der Waals surface area contributed by atoms with Crippen LogP contribution >= 0.6 is 11.6 Å². The lowest BCUT2D eigenvalue weighted by Gasteiger charge is -2.28. The van der Waals surface area contributed by atoms with Crippen LogP contribution < -0.4 is 26.0 Å². The van der Waals surface area contributed by atoms with E-state index in [2.05, 4.69) is 42.4 Å². The molecule has 2 atom stereocenters. The first-order chi connectivity index (χ1) is 18.0. The number of aliphatic hydroxyl groups is 1. The summed E-state index contributed by atoms with van der Waals surface area (Å²) in [4.78, 5) is 17.5. The lowest BCUT2D eigenvalue weighted by atomic mass is 9.96. The number of hydrogen-bond donors (Lipinski definition) is 4. The molecule has 0 spiro atoms. The van der Waals surface area contributed by atoms with Crippen LogP contribution in [0.2, 0.25) is 5.02 Å². The number of likely N-dealkylation sites (tertiary alicyclic amines) is 1. The van der Waals surface area contributed by atoms with E-state index in [0.717, 1.165) is 31.7 Å². The van der Waals surface area contributed by atoms with Crippen molar-refractivity contribution in [3.63, 3.8) is 0 Å². The van der Waals surface area contributed by atoms with Gasteiger partial charge in [0.1, 0.15) is 17.9 Å². The first-order valence-electron chi connectivity index (χ1n) is 12.4. The summed E-state index contributed by atoms with van der Waals surface area (Å²) in [5.74, 6) is 0.981. The summed E-state index contributed by atoms with van der Waals surface area (Å²) in [5.41, 5.74) is 8.09. The highest BCUT2D eigenvalue weighted by Gasteiger charge is 2.40. The largest absolute Gasteiger partial charge is 0.494 e. The third kappa shape index (κ3) is 5.13. The summed E-state index contributed by atoms with van der Waals surface area (Å²) in [7, 11) is 3.75. The molecule has 2 saturated heterocycles. The molecule has 0 aliphatic carbocycles. The number of rotatable bonds is 7. The Morgan fingerprint density at radius 3 is 2.53 bits per heavy atom. The zero-order chi connectivity index (χ0) is 27.2. The van der Waals surface area contributed by atoms with Gasteiger partial charge in [0, 0.05) is 43.0 Å². The Hall–Kier alpha value is -3.41. The molecule has 3 aromatic rings. The van der Waals surface area contributed by atoms with Crippen LogP contribution in [0.25, 0.3) is 0 Å². The second kappa shape index (κ2) is 10.0. The van der Waals surface area contributed by atoms with Gasteiger partial charge in [-0.1, -0.05) is 11.6 Å². The number of nitrogen functional groups attached to an aromatic ring is 1. The average molecular weight is 543 g/mol. The molecule has 38 heavy (non-hydrogen) atoms. The minimum Gasteiger partial charge on any atom is -0.494 e. The van der Waals surface area contributed by atoms with Crippen molar-refractivity contribution in [2.45, 2.75) is 31.9 Å². The van der Waals surface area contributed by atoms with Crippen LogP contribution in [0.1, 0.15) is 25.8 Å². The molecular formula is C26H32ClFN8O2. The number of hydrogen-bond acceptors (Lipinski definition) is 10. The van der Waals surface area contributed by atoms with E-state index in [0.29, 0.717) is 34.6 Å². The van der Waals surface area contributed by atoms with Gasteiger partial charge < -0.3 is 36.0 Å². The Morgan fingerprint density at radius 2 is 1.84 bits per heavy atom. The number of nitrogens with one attached hydrogen (secondary N) is 2. The van der Waals surface area contributed by atoms with Crippen molar-refractivity contribution >= 4 is 46.2 Å². The topological polar surface area (TPSA) is 125 Å². The van der Waals surface area contributed by atoms with Gasteiger partial charge in [-0.2, -0.15) is 4.98 Å². The molecule has 2 fully saturated rings. The molecule has 0 unspecified atom stereocenters. The third-order valence-electron chi connectivity index (χ3n) is 7.17. The third-order valence-corrected chi connectivity index (χ3v) is 7.46. The first kappa shape index (κ1) is 26.2. The van der Waals surface area contributed by atoms with E-state index in [9.17, 15) is 9.50 Å². The van der Waals surface area contributed by atoms with Crippen molar-refractivity contribution in [2.24, 2.45) is 5.92 Å². The predicted octanol–water partition coefficient (Wildman–Crippen LogP) is 4.11. The highest BCUT2D eigenvalue weighted by atomic mass is 35.5. The highest BCUT2D eigenvalue weighted by molar-refractivity contribution is 6.30. The summed E-state index contributed by atoms with van der Waals surface area (Å²) in [6.45, 7) is 6.24. The maximum atomic E-state index is 14.2. The van der Waals surface area contributed by atoms with Gasteiger partial charge in [0.15, 0.2) is 0 Å². The number of fused-ring (bicyclic) bond motifs is 1. The van der Waals surface area contributed by atoms with Crippen molar-refractivity contribution in [2.75, 3.05) is 55.1 Å². The fourth-order valence-electron chi connectivity index (χ4n) is 5.39. The molecule has 0 bridgehead atoms. The summed E-state index contributed by atoms with van der Waals surface area (Å²) in [6, 6.07) is 6.78. The van der Waals surface area contributed by atoms with Crippen LogP contribution in [0.3, 0.4) is 0 Å². The Balaban J connectivity index is 1.40. The van der Waals surface area contributed by atoms with Crippen LogP contribution in [0.5, 0.6) is 5.75 Å². The van der Waals surface area contributed by atoms with Gasteiger partial charge in [-0.25, -0.2) is 14.4 Å². The van der Waals surface area contributed by atoms with Crippen molar-refractivity contribution in [3.05, 3.63) is 47.0 Å². The molecular weight excluding hydrogens is 511 g/mol. The number of nitrogens with two attached hydrogens (primary N) is 1. The Kier molecular flexibility index (Phi) is 6.93. The SMILES string of the molecule is COc1cc(N2CC[C@@H]3CN(C)C[C@@H]32)c(N)cc1Nc1ncnc(Nc2cc(F)c(Cl)cc2C(C)(C)O)n1. The highest BCUT2D eigenvalue weighted by Crippen LogP contribution is 2.42. The molecule has 2 aromatic carbocycles. The van der Waals surface area contributed by atoms with Gasteiger partial charge >= 0.3 is 0 Å². The quantitative estimate of drug-likeness (QED) is 0.324. The molecule has 0 amide bonds. The molecule has 5 N–H and O–H groups in total. The standard InChI is InChI=1S/C26H32ClFN8O2/c1-26(2,37)15-7-16(27)17(28)8-19(15)32-24-30-13-31-25(34-24)33-20-9-18(29)21(10-23(20)38-4)36-6-5-14-11-35(3)12-22(14)36/h7-10,13-14,22,37H,5-6,11-12,29H2,1-4H3,(H2,30,31,32,33,34)/t14-,22+/m1/s1. The first-order valence-corrected chi connectivity index (χ1v) is 12.8. The maximum absolute atomic E-state index is 14.2. The van der Waals surface area contributed by atoms with E-state index >= 15 is 0 Å². The lowest BCUT2D eigenvalue weighted by molar-refractivity contribution is 0.0793. The normalized spacial score (nSPS) is 19.5. The molecule has 202 valence electrons. The van der Waals surface area contributed by atoms with Crippen molar-refractivity contribution in [1.29, 1.82) is 0 Å². The molecule has 1 aromatic heterocycles. The number of benzene rings is 2. The molecule has 2 aliphatic heterocycles. The van der Waals surface area contributed by atoms with Gasteiger partial charge in [0.25, 0.3) is 0 Å². The summed E-state index contributed by atoms with van der Waals surface area (Å²) in [6.07, 6.45) is 2.46. The molecule has 12 heteroatoms. The van der Waals surface area contributed by atoms with E-state index in [1.165, 1.54) is 18.5 Å². The Labute approximate surface area is 226 Å². The van der Waals surface area contributed by atoms with Crippen LogP contribution in [0.15, 0.2) is 30.6 Å². The maximum Gasteiger partial charge on any atom is 0.232 e. The van der Waals surface area contributed by atoms with Gasteiger partial charge in [0.05, 0.1) is 34.8 Å². The number of aromatic nitrogens is 3. The van der Waals surface area contributed by atoms with Crippen LogP contribution in [-0.4, -0.2) is 64.8 Å². The van der Waals surface area contributed by atoms with Crippen molar-refractivity contribution in [3.8, 4) is 5.75 Å². The lowest BCUT2D eigenvalue weighted by Crippen LogP contribution is -2.35. The summed E-state index contributed by atoms with van der Waals surface area (Å²) in [5, 5.41) is 16.6. The van der Waals surface area contributed by atoms with Crippen molar-refractivity contribution in [1.82, 2.24) is 19.9 Å². The van der Waals surface area contributed by atoms with E-state index in [1.807, 2.05) is 12.1 Å². The minimum atomic E-state index is -1.29. The molecule has 5 rings (SSSR count). The van der Waals surface area contributed by atoms with Gasteiger partial charge in [0.2, 0.25) is 11.9 Å². The number of ether oxygens (including phenoxy) is 1. The van der Waals surface area contributed by atoms with Gasteiger partial charge in [-0.3, -0.25) is 0 Å². The summed E-state index contributed by atoms with van der Waals surface area (Å²) < 4.78 is 19.9. The van der Waals surface area contributed by atoms with E-state index in [-0.39, 0.29) is 22.6 Å². The van der Waals surface area contributed by atoms with Crippen LogP contribution in [0, 0.1) is 11.7 Å². The number of anilines is 6. The molecule has 10 nitrogen and oxygen atoms in total. The second-order valence-electron chi connectivity index (χ2n) is 10.4. The Bertz CT molecular complexity index is 1350. The second-order valence-corrected chi connectivity index (χ2v) is 10.8. The number of halogens is 2. The van der Waals surface area contributed by atoms with Crippen LogP contribution in [-0.2, 0) is 5.60 Å². The fraction of sp³-hybridized carbons (Fsp3) is 0.423. The molecule has 3 heterocycles. The van der Waals surface area contributed by atoms with Gasteiger partial charge in [-0.05, 0) is 51.4 Å². The van der Waals surface area contributed by atoms with E-state index in [4.69, 9.17) is 22.1 Å². The smallest absolute Gasteiger partial charge is 0.232 e. The fourth-order valence-corrected chi connectivity index (χ4v) is 5.55. The molecule has 2 aliphatic rings. The predicted molar refractivity (Wildman–Crippen MR) is 147 cm³/mol. The zero-order valence-corrected chi connectivity index (χ0v) is 22.6. The van der Waals surface area contributed by atoms with Gasteiger partial charge in [-0.15, -0.1) is 0 Å². The number of methoxy groups -OCH3 is 1.